The van der Waals surface area contributed by atoms with Gasteiger partial charge in [-0.25, -0.2) is 8.78 Å². The molecule has 0 aromatic heterocycles. The number of halogens is 2. The van der Waals surface area contributed by atoms with Crippen molar-refractivity contribution >= 4 is 0 Å². The molecular weight excluding hydrogens is 220 g/mol. The van der Waals surface area contributed by atoms with Gasteiger partial charge in [0.05, 0.1) is 6.54 Å². The van der Waals surface area contributed by atoms with Crippen molar-refractivity contribution in [2.75, 3.05) is 19.6 Å². The van der Waals surface area contributed by atoms with Gasteiger partial charge in [-0.15, -0.1) is 0 Å². The van der Waals surface area contributed by atoms with Crippen LogP contribution in [0.5, 0.6) is 0 Å². The van der Waals surface area contributed by atoms with Gasteiger partial charge in [-0.3, -0.25) is 4.90 Å². The molecule has 0 radical (unpaired) electrons. The third-order valence-corrected chi connectivity index (χ3v) is 3.05. The molecule has 0 rings (SSSR count). The first-order valence-electron chi connectivity index (χ1n) is 7.21. The molecule has 0 fully saturated rings. The van der Waals surface area contributed by atoms with Gasteiger partial charge in [-0.2, -0.15) is 0 Å². The topological polar surface area (TPSA) is 3.24 Å². The fourth-order valence-electron chi connectivity index (χ4n) is 2.01. The lowest BCUT2D eigenvalue weighted by atomic mass is 10.1. The predicted octanol–water partition coefficient (Wildman–Crippen LogP) is 4.71. The van der Waals surface area contributed by atoms with Crippen LogP contribution in [0, 0.1) is 0 Å². The smallest absolute Gasteiger partial charge is 0.251 e. The van der Waals surface area contributed by atoms with Crippen LogP contribution in [0.15, 0.2) is 0 Å². The molecule has 17 heavy (non-hydrogen) atoms. The number of hydrogen-bond donors (Lipinski definition) is 0. The third kappa shape index (κ3) is 12.1. The van der Waals surface area contributed by atoms with Gasteiger partial charge >= 0.3 is 0 Å². The van der Waals surface area contributed by atoms with Crippen molar-refractivity contribution in [2.45, 2.75) is 71.6 Å². The molecule has 0 aliphatic carbocycles. The lowest BCUT2D eigenvalue weighted by Gasteiger charge is -2.21. The third-order valence-electron chi connectivity index (χ3n) is 3.05. The van der Waals surface area contributed by atoms with E-state index in [9.17, 15) is 8.78 Å². The highest BCUT2D eigenvalue weighted by molar-refractivity contribution is 4.60. The summed E-state index contributed by atoms with van der Waals surface area (Å²) in [6.45, 7) is 5.98. The summed E-state index contributed by atoms with van der Waals surface area (Å²) in [5.41, 5.74) is 0. The van der Waals surface area contributed by atoms with Crippen LogP contribution in [0.2, 0.25) is 0 Å². The summed E-state index contributed by atoms with van der Waals surface area (Å²) < 4.78 is 24.8. The molecule has 0 amide bonds. The van der Waals surface area contributed by atoms with Crippen molar-refractivity contribution in [3.63, 3.8) is 0 Å². The van der Waals surface area contributed by atoms with Crippen molar-refractivity contribution in [2.24, 2.45) is 0 Å². The van der Waals surface area contributed by atoms with Crippen molar-refractivity contribution in [3.05, 3.63) is 0 Å². The zero-order valence-electron chi connectivity index (χ0n) is 11.6. The maximum Gasteiger partial charge on any atom is 0.251 e. The molecule has 0 aliphatic rings. The van der Waals surface area contributed by atoms with E-state index in [4.69, 9.17) is 0 Å². The van der Waals surface area contributed by atoms with E-state index in [-0.39, 0.29) is 6.54 Å². The van der Waals surface area contributed by atoms with Crippen LogP contribution in [-0.2, 0) is 0 Å². The highest BCUT2D eigenvalue weighted by Crippen LogP contribution is 2.07. The predicted molar refractivity (Wildman–Crippen MR) is 70.7 cm³/mol. The van der Waals surface area contributed by atoms with Gasteiger partial charge < -0.3 is 0 Å². The number of rotatable bonds is 12. The van der Waals surface area contributed by atoms with Crippen LogP contribution in [0.1, 0.15) is 65.2 Å². The quantitative estimate of drug-likeness (QED) is 0.453. The Balaban J connectivity index is 3.64. The summed E-state index contributed by atoms with van der Waals surface area (Å²) in [5.74, 6) is 0. The van der Waals surface area contributed by atoms with Crippen molar-refractivity contribution in [1.29, 1.82) is 0 Å². The first-order chi connectivity index (χ1) is 8.20. The molecule has 0 aromatic rings. The van der Waals surface area contributed by atoms with Gasteiger partial charge in [0.2, 0.25) is 0 Å². The Hall–Kier alpha value is -0.180. The van der Waals surface area contributed by atoms with Crippen LogP contribution in [0.4, 0.5) is 8.78 Å². The second-order valence-corrected chi connectivity index (χ2v) is 4.81. The minimum atomic E-state index is -2.19. The van der Waals surface area contributed by atoms with Gasteiger partial charge in [0.25, 0.3) is 6.43 Å². The number of alkyl halides is 2. The standard InChI is InChI=1S/C14H29F2N/c1-3-5-7-9-11-17(13-14(15)16)12-10-8-6-4-2/h14H,3-13H2,1-2H3. The summed E-state index contributed by atoms with van der Waals surface area (Å²) >= 11 is 0. The van der Waals surface area contributed by atoms with Gasteiger partial charge in [0.1, 0.15) is 0 Å². The normalized spacial score (nSPS) is 11.6. The largest absolute Gasteiger partial charge is 0.298 e. The first kappa shape index (κ1) is 16.8. The fourth-order valence-corrected chi connectivity index (χ4v) is 2.01. The highest BCUT2D eigenvalue weighted by Gasteiger charge is 2.10. The molecule has 0 bridgehead atoms. The minimum absolute atomic E-state index is 0.0434. The Morgan fingerprint density at radius 3 is 1.59 bits per heavy atom. The average molecular weight is 249 g/mol. The maximum absolute atomic E-state index is 12.4. The van der Waals surface area contributed by atoms with Gasteiger partial charge in [-0.1, -0.05) is 52.4 Å². The Morgan fingerprint density at radius 2 is 1.24 bits per heavy atom. The molecule has 0 aliphatic heterocycles. The van der Waals surface area contributed by atoms with Crippen LogP contribution in [0.3, 0.4) is 0 Å². The Bertz CT molecular complexity index is 139. The SMILES string of the molecule is CCCCCCN(CCCCCC)CC(F)F. The fraction of sp³-hybridized carbons (Fsp3) is 1.00. The van der Waals surface area contributed by atoms with Crippen LogP contribution in [0.25, 0.3) is 0 Å². The summed E-state index contributed by atoms with van der Waals surface area (Å²) in [6, 6.07) is 0. The van der Waals surface area contributed by atoms with Gasteiger partial charge in [0, 0.05) is 0 Å². The second kappa shape index (κ2) is 12.3. The molecule has 0 aromatic carbocycles. The summed E-state index contributed by atoms with van der Waals surface area (Å²) in [4.78, 5) is 1.94. The molecule has 0 atom stereocenters. The lowest BCUT2D eigenvalue weighted by molar-refractivity contribution is 0.0862. The van der Waals surface area contributed by atoms with E-state index in [2.05, 4.69) is 13.8 Å². The van der Waals surface area contributed by atoms with E-state index in [1.165, 1.54) is 38.5 Å². The molecule has 0 heterocycles. The molecule has 0 saturated carbocycles. The van der Waals surface area contributed by atoms with Gasteiger partial charge in [-0.05, 0) is 25.9 Å². The molecule has 0 N–H and O–H groups in total. The van der Waals surface area contributed by atoms with E-state index in [0.29, 0.717) is 0 Å². The first-order valence-corrected chi connectivity index (χ1v) is 7.21. The van der Waals surface area contributed by atoms with E-state index in [0.717, 1.165) is 25.9 Å². The number of hydrogen-bond acceptors (Lipinski definition) is 1. The monoisotopic (exact) mass is 249 g/mol. The zero-order valence-corrected chi connectivity index (χ0v) is 11.6. The number of nitrogens with zero attached hydrogens (tertiary/aromatic N) is 1. The molecule has 3 heteroatoms. The van der Waals surface area contributed by atoms with Crippen LogP contribution < -0.4 is 0 Å². The molecular formula is C14H29F2N. The molecule has 104 valence electrons. The van der Waals surface area contributed by atoms with E-state index in [1.807, 2.05) is 4.90 Å². The molecule has 0 saturated heterocycles. The van der Waals surface area contributed by atoms with Gasteiger partial charge in [0.15, 0.2) is 0 Å². The highest BCUT2D eigenvalue weighted by atomic mass is 19.3. The average Bonchev–Trinajstić information content (AvgIpc) is 2.29. The lowest BCUT2D eigenvalue weighted by Crippen LogP contribution is -2.31. The Morgan fingerprint density at radius 1 is 0.765 bits per heavy atom. The minimum Gasteiger partial charge on any atom is -0.298 e. The Labute approximate surface area is 106 Å². The van der Waals surface area contributed by atoms with Crippen molar-refractivity contribution < 1.29 is 8.78 Å². The van der Waals surface area contributed by atoms with E-state index < -0.39 is 6.43 Å². The van der Waals surface area contributed by atoms with E-state index >= 15 is 0 Å². The zero-order chi connectivity index (χ0) is 12.9. The summed E-state index contributed by atoms with van der Waals surface area (Å²) in [6.07, 6.45) is 7.12. The molecule has 0 unspecified atom stereocenters. The summed E-state index contributed by atoms with van der Waals surface area (Å²) in [5, 5.41) is 0. The summed E-state index contributed by atoms with van der Waals surface area (Å²) in [7, 11) is 0. The second-order valence-electron chi connectivity index (χ2n) is 4.81. The number of unbranched alkanes of at least 4 members (excludes halogenated alkanes) is 6. The van der Waals surface area contributed by atoms with Crippen LogP contribution in [-0.4, -0.2) is 31.0 Å². The van der Waals surface area contributed by atoms with Crippen LogP contribution >= 0.6 is 0 Å². The Kier molecular flexibility index (Phi) is 12.2. The molecule has 0 spiro atoms. The maximum atomic E-state index is 12.4. The van der Waals surface area contributed by atoms with E-state index in [1.54, 1.807) is 0 Å². The van der Waals surface area contributed by atoms with Crippen molar-refractivity contribution in [1.82, 2.24) is 4.90 Å². The molecule has 1 nitrogen and oxygen atoms in total. The van der Waals surface area contributed by atoms with Crippen molar-refractivity contribution in [3.8, 4) is 0 Å².